The molecule has 0 saturated carbocycles. The smallest absolute Gasteiger partial charge is 0.179 e. The second kappa shape index (κ2) is 5.00. The Bertz CT molecular complexity index is 507. The first-order valence-electron chi connectivity index (χ1n) is 5.70. The van der Waals surface area contributed by atoms with Gasteiger partial charge in [-0.05, 0) is 25.1 Å². The molecule has 8 radical (unpaired) electrons. The van der Waals surface area contributed by atoms with Gasteiger partial charge in [0.2, 0.25) is 0 Å². The number of rotatable bonds is 4. The van der Waals surface area contributed by atoms with Crippen LogP contribution >= 0.6 is 0 Å². The number of hydrogen-bond acceptors (Lipinski definition) is 4. The molecule has 0 aliphatic carbocycles. The Morgan fingerprint density at radius 2 is 1.89 bits per heavy atom. The van der Waals surface area contributed by atoms with Crippen LogP contribution in [0.2, 0.25) is 0 Å². The van der Waals surface area contributed by atoms with Gasteiger partial charge < -0.3 is 14.8 Å². The summed E-state index contributed by atoms with van der Waals surface area (Å²) in [6, 6.07) is 4.14. The fraction of sp³-hybridized carbons (Fsp3) is 0.364. The molecule has 1 heterocycles. The Kier molecular flexibility index (Phi) is 3.72. The molecule has 1 aliphatic rings. The van der Waals surface area contributed by atoms with E-state index in [1.807, 2.05) is 0 Å². The van der Waals surface area contributed by atoms with Crippen LogP contribution in [0.3, 0.4) is 0 Å². The fourth-order valence-electron chi connectivity index (χ4n) is 1.80. The Morgan fingerprint density at radius 1 is 1.26 bits per heavy atom. The second-order valence-corrected chi connectivity index (χ2v) is 4.37. The van der Waals surface area contributed by atoms with E-state index in [0.29, 0.717) is 17.1 Å². The van der Waals surface area contributed by atoms with E-state index in [2.05, 4.69) is 5.32 Å². The van der Waals surface area contributed by atoms with Crippen LogP contribution in [0.4, 0.5) is 0 Å². The minimum absolute atomic E-state index is 0.182. The Hall–Kier alpha value is -1.29. The summed E-state index contributed by atoms with van der Waals surface area (Å²) in [6.45, 7) is 1.66. The van der Waals surface area contributed by atoms with Gasteiger partial charge in [0, 0.05) is 5.56 Å². The lowest BCUT2D eigenvalue weighted by Crippen LogP contribution is -2.42. The molecule has 0 amide bonds. The van der Waals surface area contributed by atoms with Crippen molar-refractivity contribution in [3.63, 3.8) is 0 Å². The minimum atomic E-state index is -1.70. The maximum Gasteiger partial charge on any atom is 0.179 e. The number of ether oxygens (including phenoxy) is 2. The van der Waals surface area contributed by atoms with Crippen LogP contribution in [-0.2, 0) is 0 Å². The molecule has 0 saturated heterocycles. The highest BCUT2D eigenvalue weighted by molar-refractivity contribution is 6.38. The van der Waals surface area contributed by atoms with E-state index in [4.69, 9.17) is 40.9 Å². The van der Waals surface area contributed by atoms with Crippen LogP contribution in [0.5, 0.6) is 11.5 Å². The van der Waals surface area contributed by atoms with Gasteiger partial charge in [-0.3, -0.25) is 4.79 Å². The number of benzene rings is 1. The van der Waals surface area contributed by atoms with Gasteiger partial charge in [-0.1, -0.05) is 5.84 Å². The monoisotopic (exact) mass is 247 g/mol. The SMILES string of the molecule is [B]C([B])N[C@H](C)C(=O)c1ccc2c(c1)OC([B])([B])O2. The highest BCUT2D eigenvalue weighted by atomic mass is 16.7. The fourth-order valence-corrected chi connectivity index (χ4v) is 1.80. The van der Waals surface area contributed by atoms with Crippen molar-refractivity contribution in [2.24, 2.45) is 0 Å². The normalized spacial score (nSPS) is 17.4. The third-order valence-electron chi connectivity index (χ3n) is 2.60. The average Bonchev–Trinajstić information content (AvgIpc) is 2.59. The molecule has 8 heteroatoms. The first kappa shape index (κ1) is 14.1. The molecule has 1 atom stereocenters. The molecule has 1 aliphatic heterocycles. The van der Waals surface area contributed by atoms with E-state index in [1.54, 1.807) is 19.1 Å². The van der Waals surface area contributed by atoms with E-state index in [9.17, 15) is 4.79 Å². The van der Waals surface area contributed by atoms with Crippen LogP contribution in [0.1, 0.15) is 17.3 Å². The van der Waals surface area contributed by atoms with Crippen LogP contribution < -0.4 is 14.8 Å². The highest BCUT2D eigenvalue weighted by Crippen LogP contribution is 2.37. The van der Waals surface area contributed by atoms with Crippen molar-refractivity contribution >= 4 is 37.2 Å². The molecule has 2 rings (SSSR count). The van der Waals surface area contributed by atoms with E-state index < -0.39 is 17.5 Å². The van der Waals surface area contributed by atoms with Gasteiger partial charge in [-0.25, -0.2) is 0 Å². The van der Waals surface area contributed by atoms with Crippen molar-refractivity contribution in [2.45, 2.75) is 24.4 Å². The topological polar surface area (TPSA) is 47.6 Å². The van der Waals surface area contributed by atoms with Crippen molar-refractivity contribution in [1.29, 1.82) is 0 Å². The maximum absolute atomic E-state index is 12.1. The predicted octanol–water partition coefficient (Wildman–Crippen LogP) is -0.813. The minimum Gasteiger partial charge on any atom is -0.468 e. The summed E-state index contributed by atoms with van der Waals surface area (Å²) < 4.78 is 10.3. The van der Waals surface area contributed by atoms with Gasteiger partial charge >= 0.3 is 0 Å². The van der Waals surface area contributed by atoms with E-state index in [0.717, 1.165) is 0 Å². The largest absolute Gasteiger partial charge is 0.468 e. The van der Waals surface area contributed by atoms with E-state index in [1.165, 1.54) is 6.07 Å². The molecule has 4 nitrogen and oxygen atoms in total. The Balaban J connectivity index is 2.18. The molecule has 19 heavy (non-hydrogen) atoms. The predicted molar refractivity (Wildman–Crippen MR) is 74.2 cm³/mol. The number of fused-ring (bicyclic) bond motifs is 1. The van der Waals surface area contributed by atoms with Gasteiger partial charge in [0.05, 0.1) is 21.7 Å². The zero-order valence-corrected chi connectivity index (χ0v) is 10.4. The summed E-state index contributed by atoms with van der Waals surface area (Å²) in [5.74, 6) is -0.245. The van der Waals surface area contributed by atoms with Crippen LogP contribution in [0.25, 0.3) is 0 Å². The third kappa shape index (κ3) is 3.18. The molecule has 88 valence electrons. The lowest BCUT2D eigenvalue weighted by molar-refractivity contribution is 0.0831. The number of carbonyl (C=O) groups excluding carboxylic acids is 1. The molecule has 0 fully saturated rings. The van der Waals surface area contributed by atoms with Gasteiger partial charge in [-0.2, -0.15) is 0 Å². The van der Waals surface area contributed by atoms with Crippen molar-refractivity contribution in [3.8, 4) is 11.5 Å². The first-order chi connectivity index (χ1) is 8.78. The summed E-state index contributed by atoms with van der Waals surface area (Å²) in [5.41, 5.74) is -1.28. The average molecular weight is 246 g/mol. The number of hydrogen-bond donors (Lipinski definition) is 1. The van der Waals surface area contributed by atoms with Gasteiger partial charge in [0.25, 0.3) is 0 Å². The molecule has 0 aromatic heterocycles. The highest BCUT2D eigenvalue weighted by Gasteiger charge is 2.31. The molecule has 1 aromatic rings. The molecule has 1 aromatic carbocycles. The number of Topliss-reactive ketones (excluding diaryl/α,β-unsaturated/α-hetero) is 1. The van der Waals surface area contributed by atoms with Crippen LogP contribution in [0.15, 0.2) is 18.2 Å². The van der Waals surface area contributed by atoms with Gasteiger partial charge in [0.1, 0.15) is 0 Å². The summed E-state index contributed by atoms with van der Waals surface area (Å²) >= 11 is 0. The van der Waals surface area contributed by atoms with Crippen molar-refractivity contribution < 1.29 is 14.3 Å². The Labute approximate surface area is 117 Å². The zero-order chi connectivity index (χ0) is 14.2. The number of ketones is 1. The maximum atomic E-state index is 12.1. The number of nitrogens with one attached hydrogen (secondary N) is 1. The van der Waals surface area contributed by atoms with Gasteiger partial charge in [-0.15, -0.1) is 0 Å². The standard InChI is InChI=1S/C11H9B4NO3/c1-5(16-10(12)13)9(17)6-2-3-7-8(4-6)19-11(14,15)18-7/h2-5,10,16H,1H3/t5-/m1/s1. The molecule has 0 unspecified atom stereocenters. The molecule has 1 N–H and O–H groups in total. The van der Waals surface area contributed by atoms with Crippen molar-refractivity contribution in [2.75, 3.05) is 0 Å². The van der Waals surface area contributed by atoms with Gasteiger partial charge in [0.15, 0.2) is 38.6 Å². The summed E-state index contributed by atoms with van der Waals surface area (Å²) in [5, 5.41) is 2.71. The molecular formula is C11H9B4NO3. The lowest BCUT2D eigenvalue weighted by atomic mass is 9.76. The second-order valence-electron chi connectivity index (χ2n) is 4.37. The van der Waals surface area contributed by atoms with Crippen molar-refractivity contribution in [3.05, 3.63) is 23.8 Å². The van der Waals surface area contributed by atoms with E-state index in [-0.39, 0.29) is 5.78 Å². The summed E-state index contributed by atoms with van der Waals surface area (Å²) in [4.78, 5) is 12.1. The quantitative estimate of drug-likeness (QED) is 0.557. The van der Waals surface area contributed by atoms with E-state index >= 15 is 0 Å². The molecular weight excluding hydrogens is 237 g/mol. The first-order valence-corrected chi connectivity index (χ1v) is 5.70. The summed E-state index contributed by atoms with van der Waals surface area (Å²) in [6.07, 6.45) is 0. The lowest BCUT2D eigenvalue weighted by Gasteiger charge is -2.18. The van der Waals surface area contributed by atoms with Crippen LogP contribution in [0, 0.1) is 0 Å². The van der Waals surface area contributed by atoms with Crippen LogP contribution in [-0.4, -0.2) is 54.6 Å². The Morgan fingerprint density at radius 3 is 2.53 bits per heavy atom. The summed E-state index contributed by atoms with van der Waals surface area (Å²) in [7, 11) is 21.7. The van der Waals surface area contributed by atoms with Crippen molar-refractivity contribution in [1.82, 2.24) is 5.32 Å². The zero-order valence-electron chi connectivity index (χ0n) is 10.4. The number of carbonyl (C=O) groups is 1. The third-order valence-corrected chi connectivity index (χ3v) is 2.60. The molecule has 0 bridgehead atoms. The molecule has 0 spiro atoms.